The first kappa shape index (κ1) is 19.9. The van der Waals surface area contributed by atoms with E-state index in [2.05, 4.69) is 11.9 Å². The van der Waals surface area contributed by atoms with Crippen LogP contribution in [-0.4, -0.2) is 31.1 Å². The molecule has 0 N–H and O–H groups in total. The zero-order valence-corrected chi connectivity index (χ0v) is 16.9. The molecule has 3 aromatic rings. The highest BCUT2D eigenvalue weighted by Crippen LogP contribution is 2.33. The Bertz CT molecular complexity index is 1010. The molecule has 0 atom stereocenters. The molecule has 2 aromatic carbocycles. The van der Waals surface area contributed by atoms with Crippen molar-refractivity contribution < 1.29 is 17.9 Å². The summed E-state index contributed by atoms with van der Waals surface area (Å²) >= 11 is 0. The zero-order chi connectivity index (χ0) is 20.0. The van der Waals surface area contributed by atoms with Crippen LogP contribution in [0.25, 0.3) is 11.4 Å². The summed E-state index contributed by atoms with van der Waals surface area (Å²) in [5, 5.41) is 0. The molecule has 7 heteroatoms. The van der Waals surface area contributed by atoms with Gasteiger partial charge < -0.3 is 9.47 Å². The van der Waals surface area contributed by atoms with Crippen molar-refractivity contribution in [3.63, 3.8) is 0 Å². The summed E-state index contributed by atoms with van der Waals surface area (Å²) in [5.41, 5.74) is 0.627. The van der Waals surface area contributed by atoms with Crippen molar-refractivity contribution in [1.82, 2.24) is 8.96 Å². The van der Waals surface area contributed by atoms with Crippen LogP contribution in [-0.2, 0) is 10.0 Å². The second-order valence-corrected chi connectivity index (χ2v) is 8.10. The minimum absolute atomic E-state index is 0.206. The highest BCUT2D eigenvalue weighted by Gasteiger charge is 2.21. The normalized spacial score (nSPS) is 11.4. The van der Waals surface area contributed by atoms with Gasteiger partial charge in [-0.25, -0.2) is 17.4 Å². The van der Waals surface area contributed by atoms with E-state index in [9.17, 15) is 8.42 Å². The second-order valence-electron chi connectivity index (χ2n) is 6.29. The van der Waals surface area contributed by atoms with Crippen LogP contribution >= 0.6 is 0 Å². The summed E-state index contributed by atoms with van der Waals surface area (Å²) in [4.78, 5) is 4.46. The van der Waals surface area contributed by atoms with Crippen molar-refractivity contribution in [2.75, 3.05) is 13.7 Å². The van der Waals surface area contributed by atoms with Crippen molar-refractivity contribution in [3.05, 3.63) is 60.9 Å². The number of rotatable bonds is 9. The Morgan fingerprint density at radius 2 is 1.82 bits per heavy atom. The number of hydrogen-bond donors (Lipinski definition) is 0. The molecule has 1 aromatic heterocycles. The average molecular weight is 401 g/mol. The molecule has 0 radical (unpaired) electrons. The minimum Gasteiger partial charge on any atom is -0.493 e. The molecule has 0 bridgehead atoms. The van der Waals surface area contributed by atoms with Gasteiger partial charge in [0.15, 0.2) is 17.3 Å². The maximum Gasteiger partial charge on any atom is 0.269 e. The van der Waals surface area contributed by atoms with Crippen LogP contribution in [0.1, 0.15) is 26.2 Å². The Morgan fingerprint density at radius 3 is 2.54 bits per heavy atom. The van der Waals surface area contributed by atoms with Gasteiger partial charge in [-0.3, -0.25) is 0 Å². The van der Waals surface area contributed by atoms with Crippen molar-refractivity contribution in [1.29, 1.82) is 0 Å². The predicted octanol–water partition coefficient (Wildman–Crippen LogP) is 4.36. The molecular weight excluding hydrogens is 376 g/mol. The van der Waals surface area contributed by atoms with E-state index in [-0.39, 0.29) is 4.90 Å². The molecule has 0 amide bonds. The summed E-state index contributed by atoms with van der Waals surface area (Å²) in [6.07, 6.45) is 6.12. The highest BCUT2D eigenvalue weighted by atomic mass is 32.2. The molecule has 0 fully saturated rings. The van der Waals surface area contributed by atoms with Crippen LogP contribution in [0.2, 0.25) is 0 Å². The van der Waals surface area contributed by atoms with E-state index in [1.807, 2.05) is 0 Å². The van der Waals surface area contributed by atoms with E-state index in [4.69, 9.17) is 9.47 Å². The number of unbranched alkanes of at least 4 members (excludes halogenated alkanes) is 2. The maximum atomic E-state index is 13.0. The van der Waals surface area contributed by atoms with Gasteiger partial charge in [0.25, 0.3) is 10.0 Å². The number of methoxy groups -OCH3 is 1. The van der Waals surface area contributed by atoms with E-state index in [0.717, 1.165) is 19.3 Å². The van der Waals surface area contributed by atoms with Gasteiger partial charge in [0.05, 0.1) is 18.6 Å². The first-order chi connectivity index (χ1) is 13.6. The van der Waals surface area contributed by atoms with Crippen molar-refractivity contribution in [2.45, 2.75) is 31.1 Å². The van der Waals surface area contributed by atoms with E-state index in [1.165, 1.54) is 16.4 Å². The molecule has 3 rings (SSSR count). The van der Waals surface area contributed by atoms with Gasteiger partial charge in [-0.15, -0.1) is 0 Å². The zero-order valence-electron chi connectivity index (χ0n) is 16.0. The summed E-state index contributed by atoms with van der Waals surface area (Å²) in [6, 6.07) is 13.6. The van der Waals surface area contributed by atoms with Gasteiger partial charge in [-0.05, 0) is 36.8 Å². The fourth-order valence-electron chi connectivity index (χ4n) is 2.85. The van der Waals surface area contributed by atoms with E-state index in [1.54, 1.807) is 55.6 Å². The first-order valence-corrected chi connectivity index (χ1v) is 10.7. The number of aromatic nitrogens is 2. The Hall–Kier alpha value is -2.80. The molecule has 0 aliphatic carbocycles. The van der Waals surface area contributed by atoms with E-state index >= 15 is 0 Å². The van der Waals surface area contributed by atoms with Crippen LogP contribution in [0, 0.1) is 0 Å². The smallest absolute Gasteiger partial charge is 0.269 e. The van der Waals surface area contributed by atoms with Gasteiger partial charge in [-0.2, -0.15) is 0 Å². The summed E-state index contributed by atoms with van der Waals surface area (Å²) in [7, 11) is -2.18. The third-order valence-electron chi connectivity index (χ3n) is 4.33. The van der Waals surface area contributed by atoms with Crippen LogP contribution in [0.3, 0.4) is 0 Å². The van der Waals surface area contributed by atoms with Crippen LogP contribution < -0.4 is 9.47 Å². The molecule has 0 spiro atoms. The lowest BCUT2D eigenvalue weighted by atomic mass is 10.2. The van der Waals surface area contributed by atoms with Gasteiger partial charge in [-0.1, -0.05) is 38.0 Å². The van der Waals surface area contributed by atoms with Crippen molar-refractivity contribution in [3.8, 4) is 22.9 Å². The lowest BCUT2D eigenvalue weighted by Crippen LogP contribution is -2.13. The van der Waals surface area contributed by atoms with E-state index in [0.29, 0.717) is 29.5 Å². The molecular formula is C21H24N2O4S. The average Bonchev–Trinajstić information content (AvgIpc) is 3.23. The lowest BCUT2D eigenvalue weighted by molar-refractivity contribution is 0.286. The molecule has 1 heterocycles. The fraction of sp³-hybridized carbons (Fsp3) is 0.286. The Morgan fingerprint density at radius 1 is 1.04 bits per heavy atom. The van der Waals surface area contributed by atoms with Gasteiger partial charge in [0, 0.05) is 18.0 Å². The standard InChI is InChI=1S/C21H24N2O4S/c1-3-4-8-15-27-19-12-11-17(16-20(19)26-2)21-22-13-14-23(21)28(24,25)18-9-6-5-7-10-18/h5-7,9-14,16H,3-4,8,15H2,1-2H3. The molecule has 6 nitrogen and oxygen atoms in total. The Labute approximate surface area is 165 Å². The largest absolute Gasteiger partial charge is 0.493 e. The third kappa shape index (κ3) is 4.20. The second kappa shape index (κ2) is 8.93. The molecule has 28 heavy (non-hydrogen) atoms. The van der Waals surface area contributed by atoms with Gasteiger partial charge in [0.1, 0.15) is 0 Å². The molecule has 148 valence electrons. The maximum absolute atomic E-state index is 13.0. The number of benzene rings is 2. The number of hydrogen-bond acceptors (Lipinski definition) is 5. The molecule has 0 saturated heterocycles. The van der Waals surface area contributed by atoms with Gasteiger partial charge in [0.2, 0.25) is 0 Å². The van der Waals surface area contributed by atoms with Crippen LogP contribution in [0.5, 0.6) is 11.5 Å². The topological polar surface area (TPSA) is 70.4 Å². The minimum atomic E-state index is -3.74. The monoisotopic (exact) mass is 400 g/mol. The Kier molecular flexibility index (Phi) is 6.36. The third-order valence-corrected chi connectivity index (χ3v) is 6.02. The molecule has 0 saturated carbocycles. The molecule has 0 aliphatic heterocycles. The SMILES string of the molecule is CCCCCOc1ccc(-c2nccn2S(=O)(=O)c2ccccc2)cc1OC. The summed E-state index contributed by atoms with van der Waals surface area (Å²) in [5.74, 6) is 1.49. The predicted molar refractivity (Wildman–Crippen MR) is 108 cm³/mol. The molecule has 0 aliphatic rings. The number of imidazole rings is 1. The fourth-order valence-corrected chi connectivity index (χ4v) is 4.18. The summed E-state index contributed by atoms with van der Waals surface area (Å²) in [6.45, 7) is 2.75. The quantitative estimate of drug-likeness (QED) is 0.499. The summed E-state index contributed by atoms with van der Waals surface area (Å²) < 4.78 is 38.4. The van der Waals surface area contributed by atoms with Crippen LogP contribution in [0.15, 0.2) is 65.8 Å². The number of nitrogens with zero attached hydrogens (tertiary/aromatic N) is 2. The Balaban J connectivity index is 1.92. The highest BCUT2D eigenvalue weighted by molar-refractivity contribution is 7.90. The van der Waals surface area contributed by atoms with Gasteiger partial charge >= 0.3 is 0 Å². The van der Waals surface area contributed by atoms with Crippen LogP contribution in [0.4, 0.5) is 0 Å². The lowest BCUT2D eigenvalue weighted by Gasteiger charge is -2.13. The molecule has 0 unspecified atom stereocenters. The van der Waals surface area contributed by atoms with Crippen molar-refractivity contribution in [2.24, 2.45) is 0 Å². The van der Waals surface area contributed by atoms with Crippen molar-refractivity contribution >= 4 is 10.0 Å². The number of ether oxygens (including phenoxy) is 2. The first-order valence-electron chi connectivity index (χ1n) is 9.23. The van der Waals surface area contributed by atoms with E-state index < -0.39 is 10.0 Å².